The van der Waals surface area contributed by atoms with Gasteiger partial charge in [-0.05, 0) is 31.2 Å². The van der Waals surface area contributed by atoms with Gasteiger partial charge < -0.3 is 15.0 Å². The van der Waals surface area contributed by atoms with E-state index in [0.29, 0.717) is 30.7 Å². The van der Waals surface area contributed by atoms with Crippen molar-refractivity contribution < 1.29 is 13.2 Å². The summed E-state index contributed by atoms with van der Waals surface area (Å²) in [5.41, 5.74) is 0. The van der Waals surface area contributed by atoms with Gasteiger partial charge in [0, 0.05) is 24.9 Å². The maximum atomic E-state index is 11.2. The number of benzene rings is 1. The molecule has 0 radical (unpaired) electrons. The van der Waals surface area contributed by atoms with Gasteiger partial charge in [0.1, 0.15) is 22.2 Å². The highest BCUT2D eigenvalue weighted by Gasteiger charge is 2.07. The Bertz CT molecular complexity index is 603. The molecule has 0 spiro atoms. The minimum Gasteiger partial charge on any atom is -0.492 e. The molecule has 1 rings (SSSR count). The number of hydrogen-bond acceptors (Lipinski definition) is 4. The summed E-state index contributed by atoms with van der Waals surface area (Å²) in [5, 5.41) is 3.80. The van der Waals surface area contributed by atoms with Crippen molar-refractivity contribution in [3.63, 3.8) is 0 Å². The van der Waals surface area contributed by atoms with E-state index >= 15 is 0 Å². The standard InChI is InChI=1S/C15H24ClN3O3S/c1-4-17-15(18-9-12-23(3,20)21)19(2)10-11-22-14-7-5-13(16)6-8-14/h5-8H,4,9-12H2,1-3H3,(H,17,18). The molecule has 0 saturated heterocycles. The second-order valence-corrected chi connectivity index (χ2v) is 7.79. The molecular weight excluding hydrogens is 338 g/mol. The average Bonchev–Trinajstić information content (AvgIpc) is 2.47. The van der Waals surface area contributed by atoms with E-state index in [1.54, 1.807) is 12.1 Å². The number of rotatable bonds is 8. The van der Waals surface area contributed by atoms with Crippen molar-refractivity contribution in [1.29, 1.82) is 0 Å². The first-order chi connectivity index (χ1) is 10.8. The van der Waals surface area contributed by atoms with E-state index in [0.717, 1.165) is 5.75 Å². The van der Waals surface area contributed by atoms with Gasteiger partial charge in [0.05, 0.1) is 18.8 Å². The third-order valence-corrected chi connectivity index (χ3v) is 4.11. The van der Waals surface area contributed by atoms with Crippen LogP contribution in [-0.2, 0) is 9.84 Å². The lowest BCUT2D eigenvalue weighted by Crippen LogP contribution is -2.41. The molecule has 0 bridgehead atoms. The number of guanidine groups is 1. The number of aliphatic imine (C=N–C) groups is 1. The quantitative estimate of drug-likeness (QED) is 0.563. The molecule has 0 fully saturated rings. The molecule has 8 heteroatoms. The molecule has 0 heterocycles. The molecule has 0 aliphatic carbocycles. The molecular formula is C15H24ClN3O3S. The largest absolute Gasteiger partial charge is 0.492 e. The lowest BCUT2D eigenvalue weighted by atomic mass is 10.3. The summed E-state index contributed by atoms with van der Waals surface area (Å²) in [6.07, 6.45) is 1.21. The second-order valence-electron chi connectivity index (χ2n) is 5.09. The van der Waals surface area contributed by atoms with E-state index < -0.39 is 9.84 Å². The highest BCUT2D eigenvalue weighted by atomic mass is 35.5. The van der Waals surface area contributed by atoms with E-state index in [1.807, 2.05) is 31.0 Å². The Morgan fingerprint density at radius 1 is 1.35 bits per heavy atom. The van der Waals surface area contributed by atoms with Crippen LogP contribution in [0, 0.1) is 0 Å². The molecule has 0 aromatic heterocycles. The van der Waals surface area contributed by atoms with Gasteiger partial charge in [-0.15, -0.1) is 0 Å². The topological polar surface area (TPSA) is 71.0 Å². The predicted molar refractivity (Wildman–Crippen MR) is 95.3 cm³/mol. The summed E-state index contributed by atoms with van der Waals surface area (Å²) < 4.78 is 28.0. The SMILES string of the molecule is CCNC(=NCCS(C)(=O)=O)N(C)CCOc1ccc(Cl)cc1. The van der Waals surface area contributed by atoms with E-state index in [1.165, 1.54) is 6.26 Å². The highest BCUT2D eigenvalue weighted by Crippen LogP contribution is 2.15. The number of nitrogens with zero attached hydrogens (tertiary/aromatic N) is 2. The molecule has 6 nitrogen and oxygen atoms in total. The lowest BCUT2D eigenvalue weighted by molar-refractivity contribution is 0.281. The third-order valence-electron chi connectivity index (χ3n) is 2.93. The molecule has 0 atom stereocenters. The zero-order valence-electron chi connectivity index (χ0n) is 13.8. The number of ether oxygens (including phenoxy) is 1. The molecule has 0 aliphatic heterocycles. The minimum atomic E-state index is -3.01. The summed E-state index contributed by atoms with van der Waals surface area (Å²) in [7, 11) is -1.12. The van der Waals surface area contributed by atoms with Gasteiger partial charge in [0.2, 0.25) is 0 Å². The van der Waals surface area contributed by atoms with Gasteiger partial charge in [-0.3, -0.25) is 4.99 Å². The minimum absolute atomic E-state index is 0.0387. The number of sulfone groups is 1. The Balaban J connectivity index is 2.48. The van der Waals surface area contributed by atoms with Gasteiger partial charge >= 0.3 is 0 Å². The summed E-state index contributed by atoms with van der Waals surface area (Å²) in [6, 6.07) is 7.18. The number of nitrogens with one attached hydrogen (secondary N) is 1. The van der Waals surface area contributed by atoms with Crippen molar-refractivity contribution in [2.45, 2.75) is 6.92 Å². The first-order valence-electron chi connectivity index (χ1n) is 7.37. The molecule has 0 amide bonds. The lowest BCUT2D eigenvalue weighted by Gasteiger charge is -2.22. The maximum absolute atomic E-state index is 11.2. The first-order valence-corrected chi connectivity index (χ1v) is 9.81. The van der Waals surface area contributed by atoms with Gasteiger partial charge in [0.15, 0.2) is 5.96 Å². The summed E-state index contributed by atoms with van der Waals surface area (Å²) in [4.78, 5) is 6.22. The van der Waals surface area contributed by atoms with Crippen LogP contribution in [0.15, 0.2) is 29.3 Å². The predicted octanol–water partition coefficient (Wildman–Crippen LogP) is 1.66. The fourth-order valence-corrected chi connectivity index (χ4v) is 2.27. The molecule has 0 unspecified atom stereocenters. The van der Waals surface area contributed by atoms with E-state index in [-0.39, 0.29) is 12.3 Å². The Morgan fingerprint density at radius 3 is 2.57 bits per heavy atom. The van der Waals surface area contributed by atoms with Crippen molar-refractivity contribution in [3.8, 4) is 5.75 Å². The Kier molecular flexibility index (Phi) is 8.19. The molecule has 0 saturated carbocycles. The van der Waals surface area contributed by atoms with E-state index in [2.05, 4.69) is 10.3 Å². The molecule has 1 aromatic carbocycles. The maximum Gasteiger partial charge on any atom is 0.193 e. The molecule has 130 valence electrons. The van der Waals surface area contributed by atoms with Crippen LogP contribution in [0.3, 0.4) is 0 Å². The van der Waals surface area contributed by atoms with Gasteiger partial charge in [-0.25, -0.2) is 8.42 Å². The fourth-order valence-electron chi connectivity index (χ4n) is 1.72. The summed E-state index contributed by atoms with van der Waals surface area (Å²) >= 11 is 5.82. The molecule has 1 N–H and O–H groups in total. The van der Waals surface area contributed by atoms with Crippen LogP contribution in [0.4, 0.5) is 0 Å². The van der Waals surface area contributed by atoms with Gasteiger partial charge in [0.25, 0.3) is 0 Å². The van der Waals surface area contributed by atoms with Crippen LogP contribution >= 0.6 is 11.6 Å². The molecule has 0 aliphatic rings. The van der Waals surface area contributed by atoms with E-state index in [9.17, 15) is 8.42 Å². The van der Waals surface area contributed by atoms with Crippen molar-refractivity contribution in [2.75, 3.05) is 45.3 Å². The van der Waals surface area contributed by atoms with Crippen LogP contribution in [0.25, 0.3) is 0 Å². The van der Waals surface area contributed by atoms with Crippen LogP contribution in [0.2, 0.25) is 5.02 Å². The van der Waals surface area contributed by atoms with Gasteiger partial charge in [-0.2, -0.15) is 0 Å². The normalized spacial score (nSPS) is 12.1. The Morgan fingerprint density at radius 2 is 2.00 bits per heavy atom. The smallest absolute Gasteiger partial charge is 0.193 e. The van der Waals surface area contributed by atoms with Crippen molar-refractivity contribution in [1.82, 2.24) is 10.2 Å². The summed E-state index contributed by atoms with van der Waals surface area (Å²) in [5.74, 6) is 1.45. The van der Waals surface area contributed by atoms with E-state index in [4.69, 9.17) is 16.3 Å². The van der Waals surface area contributed by atoms with Crippen LogP contribution in [-0.4, -0.2) is 64.6 Å². The second kappa shape index (κ2) is 9.62. The Hall–Kier alpha value is -1.47. The fraction of sp³-hybridized carbons (Fsp3) is 0.533. The number of halogens is 1. The average molecular weight is 362 g/mol. The van der Waals surface area contributed by atoms with Crippen LogP contribution < -0.4 is 10.1 Å². The Labute approximate surface area is 143 Å². The first kappa shape index (κ1) is 19.6. The zero-order chi connectivity index (χ0) is 17.3. The molecule has 23 heavy (non-hydrogen) atoms. The number of likely N-dealkylation sites (N-methyl/N-ethyl adjacent to an activating group) is 1. The molecule has 1 aromatic rings. The highest BCUT2D eigenvalue weighted by molar-refractivity contribution is 7.90. The monoisotopic (exact) mass is 361 g/mol. The van der Waals surface area contributed by atoms with Crippen LogP contribution in [0.5, 0.6) is 5.75 Å². The third kappa shape index (κ3) is 8.66. The number of hydrogen-bond donors (Lipinski definition) is 1. The van der Waals surface area contributed by atoms with Gasteiger partial charge in [-0.1, -0.05) is 11.6 Å². The van der Waals surface area contributed by atoms with Crippen molar-refractivity contribution >= 4 is 27.4 Å². The van der Waals surface area contributed by atoms with Crippen LogP contribution in [0.1, 0.15) is 6.92 Å². The summed E-state index contributed by atoms with van der Waals surface area (Å²) in [6.45, 7) is 4.01. The zero-order valence-corrected chi connectivity index (χ0v) is 15.3. The van der Waals surface area contributed by atoms with Crippen molar-refractivity contribution in [3.05, 3.63) is 29.3 Å². The van der Waals surface area contributed by atoms with Crippen molar-refractivity contribution in [2.24, 2.45) is 4.99 Å².